The number of β-amino-alcohol motifs (C(OH)–C–C–N with tert-alkyl or cyclic N) is 1. The number of carbonyl (C=O) groups is 1. The van der Waals surface area contributed by atoms with Crippen LogP contribution in [0.4, 0.5) is 13.2 Å². The van der Waals surface area contributed by atoms with E-state index in [1.165, 1.54) is 29.2 Å². The molecule has 104 valence electrons. The van der Waals surface area contributed by atoms with E-state index in [-0.39, 0.29) is 35.7 Å². The molecule has 1 aliphatic rings. The maximum Gasteiger partial charge on any atom is 0.446 e. The van der Waals surface area contributed by atoms with Gasteiger partial charge >= 0.3 is 5.51 Å². The first kappa shape index (κ1) is 14.2. The van der Waals surface area contributed by atoms with Crippen LogP contribution in [0, 0.1) is 0 Å². The van der Waals surface area contributed by atoms with Gasteiger partial charge in [-0.15, -0.1) is 0 Å². The van der Waals surface area contributed by atoms with E-state index in [9.17, 15) is 23.1 Å². The van der Waals surface area contributed by atoms with Crippen LogP contribution >= 0.6 is 11.8 Å². The highest BCUT2D eigenvalue weighted by Gasteiger charge is 2.39. The molecule has 7 heteroatoms. The van der Waals surface area contributed by atoms with Crippen LogP contribution in [-0.4, -0.2) is 40.1 Å². The number of rotatable bonds is 2. The topological polar surface area (TPSA) is 40.5 Å². The number of carbonyl (C=O) groups excluding carboxylic acids is 1. The van der Waals surface area contributed by atoms with Crippen molar-refractivity contribution in [3.63, 3.8) is 0 Å². The van der Waals surface area contributed by atoms with Crippen LogP contribution in [0.1, 0.15) is 17.3 Å². The summed E-state index contributed by atoms with van der Waals surface area (Å²) in [6, 6.07) is 5.26. The Kier molecular flexibility index (Phi) is 3.53. The Hall–Kier alpha value is -1.21. The van der Waals surface area contributed by atoms with E-state index < -0.39 is 11.1 Å². The Morgan fingerprint density at radius 3 is 2.26 bits per heavy atom. The summed E-state index contributed by atoms with van der Waals surface area (Å²) in [5.41, 5.74) is -4.87. The van der Waals surface area contributed by atoms with Crippen LogP contribution in [0.3, 0.4) is 0 Å². The summed E-state index contributed by atoms with van der Waals surface area (Å²) in [6.07, 6.45) is 0. The zero-order chi connectivity index (χ0) is 14.3. The van der Waals surface area contributed by atoms with Crippen molar-refractivity contribution in [2.24, 2.45) is 0 Å². The van der Waals surface area contributed by atoms with Crippen LogP contribution in [0.15, 0.2) is 29.2 Å². The van der Waals surface area contributed by atoms with Crippen molar-refractivity contribution in [2.45, 2.75) is 22.9 Å². The number of amides is 1. The second-order valence-electron chi connectivity index (χ2n) is 4.73. The Labute approximate surface area is 112 Å². The van der Waals surface area contributed by atoms with Gasteiger partial charge in [0, 0.05) is 10.5 Å². The van der Waals surface area contributed by atoms with E-state index >= 15 is 0 Å². The van der Waals surface area contributed by atoms with E-state index in [1.54, 1.807) is 6.92 Å². The van der Waals surface area contributed by atoms with E-state index in [1.807, 2.05) is 0 Å². The van der Waals surface area contributed by atoms with Crippen molar-refractivity contribution in [3.05, 3.63) is 29.8 Å². The van der Waals surface area contributed by atoms with E-state index in [0.29, 0.717) is 5.56 Å². The third-order valence-electron chi connectivity index (χ3n) is 2.69. The first-order valence-electron chi connectivity index (χ1n) is 5.54. The molecule has 1 amide bonds. The number of hydrogen-bond acceptors (Lipinski definition) is 3. The molecule has 1 aromatic rings. The van der Waals surface area contributed by atoms with Gasteiger partial charge in [0.05, 0.1) is 18.7 Å². The van der Waals surface area contributed by atoms with Crippen molar-refractivity contribution >= 4 is 17.7 Å². The largest absolute Gasteiger partial charge is 0.446 e. The van der Waals surface area contributed by atoms with Crippen LogP contribution in [0.5, 0.6) is 0 Å². The quantitative estimate of drug-likeness (QED) is 0.851. The van der Waals surface area contributed by atoms with Gasteiger partial charge in [0.25, 0.3) is 5.91 Å². The van der Waals surface area contributed by atoms with Crippen LogP contribution in [0.2, 0.25) is 0 Å². The zero-order valence-electron chi connectivity index (χ0n) is 10.1. The SMILES string of the molecule is CC1(O)CN(C(=O)c2ccc(SC(F)(F)F)cc2)C1. The number of benzene rings is 1. The maximum atomic E-state index is 12.1. The van der Waals surface area contributed by atoms with Gasteiger partial charge in [0.1, 0.15) is 0 Å². The first-order valence-corrected chi connectivity index (χ1v) is 6.35. The summed E-state index contributed by atoms with van der Waals surface area (Å²) in [7, 11) is 0. The second kappa shape index (κ2) is 4.72. The lowest BCUT2D eigenvalue weighted by Crippen LogP contribution is -2.61. The average Bonchev–Trinajstić information content (AvgIpc) is 2.23. The van der Waals surface area contributed by atoms with Gasteiger partial charge in [-0.2, -0.15) is 13.2 Å². The number of hydrogen-bond donors (Lipinski definition) is 1. The molecule has 1 aromatic carbocycles. The van der Waals surface area contributed by atoms with Gasteiger partial charge < -0.3 is 10.0 Å². The van der Waals surface area contributed by atoms with Gasteiger partial charge in [0.2, 0.25) is 0 Å². The molecular formula is C12H12F3NO2S. The third-order valence-corrected chi connectivity index (χ3v) is 3.42. The standard InChI is InChI=1S/C12H12F3NO2S/c1-11(18)6-16(7-11)10(17)8-2-4-9(5-3-8)19-12(13,14)15/h2-5,18H,6-7H2,1H3. The molecule has 1 N–H and O–H groups in total. The van der Waals surface area contributed by atoms with Crippen molar-refractivity contribution < 1.29 is 23.1 Å². The second-order valence-corrected chi connectivity index (χ2v) is 5.87. The summed E-state index contributed by atoms with van der Waals surface area (Å²) in [5, 5.41) is 9.53. The molecule has 19 heavy (non-hydrogen) atoms. The fourth-order valence-electron chi connectivity index (χ4n) is 1.90. The highest BCUT2D eigenvalue weighted by Crippen LogP contribution is 2.36. The van der Waals surface area contributed by atoms with E-state index in [2.05, 4.69) is 0 Å². The molecule has 0 atom stereocenters. The molecule has 1 heterocycles. The monoisotopic (exact) mass is 291 g/mol. The highest BCUT2D eigenvalue weighted by molar-refractivity contribution is 8.00. The molecule has 1 aliphatic heterocycles. The van der Waals surface area contributed by atoms with Gasteiger partial charge in [-0.05, 0) is 43.0 Å². The molecule has 2 rings (SSSR count). The Morgan fingerprint density at radius 2 is 1.84 bits per heavy atom. The Morgan fingerprint density at radius 1 is 1.32 bits per heavy atom. The first-order chi connectivity index (χ1) is 8.66. The lowest BCUT2D eigenvalue weighted by molar-refractivity contribution is -0.0668. The molecule has 0 aromatic heterocycles. The molecule has 3 nitrogen and oxygen atoms in total. The fourth-order valence-corrected chi connectivity index (χ4v) is 2.44. The molecule has 0 unspecified atom stereocenters. The normalized spacial score (nSPS) is 18.1. The van der Waals surface area contributed by atoms with Crippen molar-refractivity contribution in [2.75, 3.05) is 13.1 Å². The number of alkyl halides is 3. The van der Waals surface area contributed by atoms with E-state index in [4.69, 9.17) is 0 Å². The highest BCUT2D eigenvalue weighted by atomic mass is 32.2. The lowest BCUT2D eigenvalue weighted by Gasteiger charge is -2.44. The Balaban J connectivity index is 2.01. The molecule has 0 aliphatic carbocycles. The van der Waals surface area contributed by atoms with Crippen LogP contribution in [0.25, 0.3) is 0 Å². The molecule has 0 spiro atoms. The molecule has 0 saturated carbocycles. The van der Waals surface area contributed by atoms with E-state index in [0.717, 1.165) is 0 Å². The van der Waals surface area contributed by atoms with Gasteiger partial charge in [0.15, 0.2) is 0 Å². The van der Waals surface area contributed by atoms with Gasteiger partial charge in [-0.25, -0.2) is 0 Å². The van der Waals surface area contributed by atoms with Gasteiger partial charge in [-0.3, -0.25) is 4.79 Å². The summed E-state index contributed by atoms with van der Waals surface area (Å²) in [6.45, 7) is 2.11. The minimum atomic E-state index is -4.33. The predicted molar refractivity (Wildman–Crippen MR) is 64.9 cm³/mol. The minimum absolute atomic E-state index is 0.0413. The number of halogens is 3. The predicted octanol–water partition coefficient (Wildman–Crippen LogP) is 2.51. The molecule has 0 bridgehead atoms. The number of aliphatic hydroxyl groups is 1. The third kappa shape index (κ3) is 3.63. The summed E-state index contributed by atoms with van der Waals surface area (Å²) >= 11 is -0.216. The molecular weight excluding hydrogens is 279 g/mol. The number of nitrogens with zero attached hydrogens (tertiary/aromatic N) is 1. The van der Waals surface area contributed by atoms with Crippen molar-refractivity contribution in [1.82, 2.24) is 4.90 Å². The Bertz CT molecular complexity index is 477. The average molecular weight is 291 g/mol. The molecule has 0 radical (unpaired) electrons. The fraction of sp³-hybridized carbons (Fsp3) is 0.417. The molecule has 1 fully saturated rings. The number of likely N-dealkylation sites (tertiary alicyclic amines) is 1. The summed E-state index contributed by atoms with van der Waals surface area (Å²) in [5.74, 6) is -0.282. The van der Waals surface area contributed by atoms with Crippen LogP contribution < -0.4 is 0 Å². The maximum absolute atomic E-state index is 12.1. The summed E-state index contributed by atoms with van der Waals surface area (Å²) < 4.78 is 36.4. The molecule has 1 saturated heterocycles. The zero-order valence-corrected chi connectivity index (χ0v) is 10.9. The summed E-state index contributed by atoms with van der Waals surface area (Å²) in [4.78, 5) is 13.4. The van der Waals surface area contributed by atoms with Crippen molar-refractivity contribution in [1.29, 1.82) is 0 Å². The number of thioether (sulfide) groups is 1. The smallest absolute Gasteiger partial charge is 0.386 e. The van der Waals surface area contributed by atoms with Crippen LogP contribution in [-0.2, 0) is 0 Å². The van der Waals surface area contributed by atoms with Gasteiger partial charge in [-0.1, -0.05) is 0 Å². The minimum Gasteiger partial charge on any atom is -0.386 e. The lowest BCUT2D eigenvalue weighted by atomic mass is 9.96. The van der Waals surface area contributed by atoms with Crippen molar-refractivity contribution in [3.8, 4) is 0 Å².